The zero-order valence-electron chi connectivity index (χ0n) is 16.2. The van der Waals surface area contributed by atoms with Gasteiger partial charge in [-0.05, 0) is 37.6 Å². The van der Waals surface area contributed by atoms with E-state index in [4.69, 9.17) is 23.2 Å². The van der Waals surface area contributed by atoms with Gasteiger partial charge in [0.15, 0.2) is 0 Å². The Morgan fingerprint density at radius 2 is 1.61 bits per heavy atom. The van der Waals surface area contributed by atoms with Crippen LogP contribution >= 0.6 is 23.2 Å². The average molecular weight is 422 g/mol. The average Bonchev–Trinajstić information content (AvgIpc) is 2.68. The van der Waals surface area contributed by atoms with E-state index in [2.05, 4.69) is 17.6 Å². The zero-order valence-corrected chi connectivity index (χ0v) is 17.7. The van der Waals surface area contributed by atoms with Crippen molar-refractivity contribution in [2.75, 3.05) is 25.5 Å². The second-order valence-electron chi connectivity index (χ2n) is 6.79. The van der Waals surface area contributed by atoms with E-state index in [1.54, 1.807) is 37.1 Å². The summed E-state index contributed by atoms with van der Waals surface area (Å²) in [6, 6.07) is 14.5. The molecule has 2 aromatic rings. The summed E-state index contributed by atoms with van der Waals surface area (Å²) in [6.07, 6.45) is 0. The maximum absolute atomic E-state index is 12.4. The first-order chi connectivity index (χ1) is 13.3. The molecule has 0 radical (unpaired) electrons. The third-order valence-electron chi connectivity index (χ3n) is 4.61. The lowest BCUT2D eigenvalue weighted by molar-refractivity contribution is -0.126. The molecule has 0 heterocycles. The summed E-state index contributed by atoms with van der Waals surface area (Å²) in [5.41, 5.74) is 1.54. The summed E-state index contributed by atoms with van der Waals surface area (Å²) in [7, 11) is 1.72. The van der Waals surface area contributed by atoms with Crippen LogP contribution in [0.5, 0.6) is 0 Å². The molecule has 150 valence electrons. The predicted octanol–water partition coefficient (Wildman–Crippen LogP) is 4.17. The highest BCUT2D eigenvalue weighted by Gasteiger charge is 2.21. The Labute approximate surface area is 176 Å². The number of amides is 2. The Bertz CT molecular complexity index is 794. The van der Waals surface area contributed by atoms with Crippen LogP contribution in [-0.2, 0) is 9.59 Å². The van der Waals surface area contributed by atoms with Gasteiger partial charge in [-0.1, -0.05) is 66.5 Å². The number of para-hydroxylation sites is 1. The van der Waals surface area contributed by atoms with E-state index in [9.17, 15) is 9.59 Å². The number of likely N-dealkylation sites (N-methyl/N-ethyl adjacent to an activating group) is 1. The lowest BCUT2D eigenvalue weighted by Crippen LogP contribution is -2.46. The van der Waals surface area contributed by atoms with Crippen LogP contribution in [0.2, 0.25) is 10.0 Å². The molecule has 2 aromatic carbocycles. The molecule has 0 aliphatic rings. The van der Waals surface area contributed by atoms with E-state index < -0.39 is 6.04 Å². The van der Waals surface area contributed by atoms with Crippen molar-refractivity contribution in [1.82, 2.24) is 10.2 Å². The van der Waals surface area contributed by atoms with Crippen LogP contribution in [0.15, 0.2) is 48.5 Å². The third-order valence-corrected chi connectivity index (χ3v) is 5.24. The number of hydrogen-bond acceptors (Lipinski definition) is 3. The molecular formula is C21H25Cl2N3O2. The maximum atomic E-state index is 12.4. The van der Waals surface area contributed by atoms with Gasteiger partial charge in [-0.15, -0.1) is 0 Å². The van der Waals surface area contributed by atoms with E-state index >= 15 is 0 Å². The molecule has 7 heteroatoms. The number of halogens is 2. The monoisotopic (exact) mass is 421 g/mol. The minimum Gasteiger partial charge on any atom is -0.354 e. The lowest BCUT2D eigenvalue weighted by atomic mass is 10.0. The highest BCUT2D eigenvalue weighted by Crippen LogP contribution is 2.29. The van der Waals surface area contributed by atoms with Crippen molar-refractivity contribution in [3.8, 4) is 0 Å². The summed E-state index contributed by atoms with van der Waals surface area (Å²) in [5.74, 6) is -0.225. The van der Waals surface area contributed by atoms with Crippen molar-refractivity contribution in [1.29, 1.82) is 0 Å². The number of rotatable bonds is 8. The minimum absolute atomic E-state index is 0.0321. The molecule has 0 saturated carbocycles. The molecule has 0 aliphatic heterocycles. The fourth-order valence-electron chi connectivity index (χ4n) is 2.66. The van der Waals surface area contributed by atoms with Crippen molar-refractivity contribution in [2.24, 2.45) is 0 Å². The summed E-state index contributed by atoms with van der Waals surface area (Å²) in [6.45, 7) is 4.38. The van der Waals surface area contributed by atoms with Crippen molar-refractivity contribution in [3.05, 3.63) is 64.1 Å². The van der Waals surface area contributed by atoms with Gasteiger partial charge in [-0.2, -0.15) is 0 Å². The molecule has 5 nitrogen and oxygen atoms in total. The zero-order chi connectivity index (χ0) is 20.7. The van der Waals surface area contributed by atoms with Gasteiger partial charge in [0, 0.05) is 6.54 Å². The van der Waals surface area contributed by atoms with E-state index in [1.165, 1.54) is 5.56 Å². The fraction of sp³-hybridized carbons (Fsp3) is 0.333. The second-order valence-corrected chi connectivity index (χ2v) is 7.61. The Morgan fingerprint density at radius 1 is 1.00 bits per heavy atom. The summed E-state index contributed by atoms with van der Waals surface area (Å²) in [5, 5.41) is 6.38. The normalized spacial score (nSPS) is 13.1. The molecule has 0 bridgehead atoms. The van der Waals surface area contributed by atoms with Crippen molar-refractivity contribution in [2.45, 2.75) is 25.8 Å². The number of anilines is 1. The van der Waals surface area contributed by atoms with Crippen LogP contribution in [0.4, 0.5) is 5.69 Å². The Hall–Kier alpha value is -2.08. The summed E-state index contributed by atoms with van der Waals surface area (Å²) in [4.78, 5) is 26.4. The number of hydrogen-bond donors (Lipinski definition) is 2. The molecule has 2 amide bonds. The van der Waals surface area contributed by atoms with Crippen molar-refractivity contribution < 1.29 is 9.59 Å². The van der Waals surface area contributed by atoms with Crippen LogP contribution in [-0.4, -0.2) is 42.9 Å². The molecule has 0 fully saturated rings. The van der Waals surface area contributed by atoms with Gasteiger partial charge in [0.2, 0.25) is 11.8 Å². The first kappa shape index (κ1) is 22.2. The molecule has 2 rings (SSSR count). The third kappa shape index (κ3) is 6.23. The lowest BCUT2D eigenvalue weighted by Gasteiger charge is -2.24. The molecule has 0 saturated heterocycles. The minimum atomic E-state index is -0.463. The fourth-order valence-corrected chi connectivity index (χ4v) is 3.15. The summed E-state index contributed by atoms with van der Waals surface area (Å²) >= 11 is 12.1. The van der Waals surface area contributed by atoms with Gasteiger partial charge in [-0.3, -0.25) is 14.5 Å². The van der Waals surface area contributed by atoms with Crippen LogP contribution in [0.25, 0.3) is 0 Å². The van der Waals surface area contributed by atoms with Crippen LogP contribution in [0, 0.1) is 0 Å². The largest absolute Gasteiger partial charge is 0.354 e. The summed E-state index contributed by atoms with van der Waals surface area (Å²) < 4.78 is 0. The Balaban J connectivity index is 1.84. The highest BCUT2D eigenvalue weighted by atomic mass is 35.5. The molecule has 0 spiro atoms. The van der Waals surface area contributed by atoms with Crippen LogP contribution in [0.1, 0.15) is 25.3 Å². The van der Waals surface area contributed by atoms with E-state index in [-0.39, 0.29) is 24.3 Å². The first-order valence-electron chi connectivity index (χ1n) is 9.06. The number of carbonyl (C=O) groups is 2. The SMILES string of the molecule is CC(CNC(=O)C(C)N(C)CC(=O)Nc1c(Cl)cccc1Cl)c1ccccc1. The standard InChI is InChI=1S/C21H25Cl2N3O2/c1-14(16-8-5-4-6-9-16)12-24-21(28)15(2)26(3)13-19(27)25-20-17(22)10-7-11-18(20)23/h4-11,14-15H,12-13H2,1-3H3,(H,24,28)(H,25,27). The Kier molecular flexibility index (Phi) is 8.30. The molecule has 0 aromatic heterocycles. The number of nitrogens with zero attached hydrogens (tertiary/aromatic N) is 1. The highest BCUT2D eigenvalue weighted by molar-refractivity contribution is 6.39. The smallest absolute Gasteiger partial charge is 0.238 e. The molecule has 2 unspecified atom stereocenters. The topological polar surface area (TPSA) is 61.4 Å². The number of carbonyl (C=O) groups excluding carboxylic acids is 2. The van der Waals surface area contributed by atoms with E-state index in [0.717, 1.165) is 0 Å². The van der Waals surface area contributed by atoms with Crippen LogP contribution in [0.3, 0.4) is 0 Å². The number of benzene rings is 2. The Morgan fingerprint density at radius 3 is 2.21 bits per heavy atom. The van der Waals surface area contributed by atoms with Crippen LogP contribution < -0.4 is 10.6 Å². The quantitative estimate of drug-likeness (QED) is 0.671. The van der Waals surface area contributed by atoms with Gasteiger partial charge < -0.3 is 10.6 Å². The molecule has 0 aliphatic carbocycles. The van der Waals surface area contributed by atoms with Gasteiger partial charge >= 0.3 is 0 Å². The molecular weight excluding hydrogens is 397 g/mol. The van der Waals surface area contributed by atoms with Gasteiger partial charge in [0.1, 0.15) is 0 Å². The van der Waals surface area contributed by atoms with Gasteiger partial charge in [-0.25, -0.2) is 0 Å². The maximum Gasteiger partial charge on any atom is 0.238 e. The molecule has 28 heavy (non-hydrogen) atoms. The molecule has 2 atom stereocenters. The van der Waals surface area contributed by atoms with Crippen molar-refractivity contribution in [3.63, 3.8) is 0 Å². The molecule has 2 N–H and O–H groups in total. The van der Waals surface area contributed by atoms with Crippen molar-refractivity contribution >= 4 is 40.7 Å². The predicted molar refractivity (Wildman–Crippen MR) is 115 cm³/mol. The first-order valence-corrected chi connectivity index (χ1v) is 9.82. The number of nitrogens with one attached hydrogen (secondary N) is 2. The van der Waals surface area contributed by atoms with Gasteiger partial charge in [0.05, 0.1) is 28.3 Å². The van der Waals surface area contributed by atoms with Gasteiger partial charge in [0.25, 0.3) is 0 Å². The second kappa shape index (κ2) is 10.5. The van der Waals surface area contributed by atoms with E-state index in [0.29, 0.717) is 22.3 Å². The van der Waals surface area contributed by atoms with E-state index in [1.807, 2.05) is 30.3 Å².